The smallest absolute Gasteiger partial charge is 0.261 e. The molecule has 0 aliphatic heterocycles. The zero-order valence-corrected chi connectivity index (χ0v) is 14.7. The van der Waals surface area contributed by atoms with Crippen LogP contribution in [0.3, 0.4) is 0 Å². The molecule has 0 atom stereocenters. The quantitative estimate of drug-likeness (QED) is 0.712. The molecule has 0 aliphatic carbocycles. The van der Waals surface area contributed by atoms with E-state index in [1.807, 2.05) is 0 Å². The average molecular weight is 401 g/mol. The van der Waals surface area contributed by atoms with E-state index in [1.54, 1.807) is 0 Å². The van der Waals surface area contributed by atoms with Gasteiger partial charge in [-0.25, -0.2) is 17.2 Å². The summed E-state index contributed by atoms with van der Waals surface area (Å²) in [6.07, 6.45) is 0. The molecule has 0 saturated heterocycles. The summed E-state index contributed by atoms with van der Waals surface area (Å²) in [6.45, 7) is 1.21. The molecule has 0 radical (unpaired) electrons. The molecule has 0 saturated carbocycles. The lowest BCUT2D eigenvalue weighted by molar-refractivity contribution is 0.568. The number of rotatable bonds is 4. The van der Waals surface area contributed by atoms with Crippen molar-refractivity contribution in [3.8, 4) is 0 Å². The van der Waals surface area contributed by atoms with E-state index < -0.39 is 27.3 Å². The summed E-state index contributed by atoms with van der Waals surface area (Å²) in [6, 6.07) is 5.48. The normalized spacial score (nSPS) is 11.6. The van der Waals surface area contributed by atoms with Crippen molar-refractivity contribution >= 4 is 50.5 Å². The lowest BCUT2D eigenvalue weighted by Gasteiger charge is -2.24. The van der Waals surface area contributed by atoms with Gasteiger partial charge in [0.1, 0.15) is 10.6 Å². The molecule has 2 rings (SSSR count). The lowest BCUT2D eigenvalue weighted by Crippen LogP contribution is -2.32. The predicted octanol–water partition coefficient (Wildman–Crippen LogP) is 5.14. The third-order valence-electron chi connectivity index (χ3n) is 2.98. The molecule has 9 heteroatoms. The van der Waals surface area contributed by atoms with Crippen LogP contribution >= 0.6 is 34.8 Å². The van der Waals surface area contributed by atoms with Gasteiger partial charge in [0.15, 0.2) is 11.6 Å². The second-order valence-electron chi connectivity index (χ2n) is 4.46. The summed E-state index contributed by atoms with van der Waals surface area (Å²) in [7, 11) is -4.32. The molecule has 0 aromatic heterocycles. The highest BCUT2D eigenvalue weighted by Gasteiger charge is 2.30. The van der Waals surface area contributed by atoms with Gasteiger partial charge in [0, 0.05) is 16.6 Å². The van der Waals surface area contributed by atoms with E-state index in [1.165, 1.54) is 19.1 Å². The van der Waals surface area contributed by atoms with Crippen LogP contribution in [0.15, 0.2) is 35.2 Å². The number of nitrogens with zero attached hydrogens (tertiary/aromatic N) is 1. The molecule has 2 aromatic carbocycles. The van der Waals surface area contributed by atoms with Crippen LogP contribution in [-0.4, -0.2) is 15.0 Å². The fourth-order valence-electron chi connectivity index (χ4n) is 2.01. The minimum absolute atomic E-state index is 0.109. The molecule has 0 unspecified atom stereocenters. The number of hydrogen-bond acceptors (Lipinski definition) is 2. The summed E-state index contributed by atoms with van der Waals surface area (Å²) in [5.74, 6) is -2.20. The highest BCUT2D eigenvalue weighted by Crippen LogP contribution is 2.34. The van der Waals surface area contributed by atoms with Gasteiger partial charge in [-0.15, -0.1) is 0 Å². The summed E-state index contributed by atoms with van der Waals surface area (Å²) in [4.78, 5) is -0.345. The Kier molecular flexibility index (Phi) is 5.41. The lowest BCUT2D eigenvalue weighted by atomic mass is 10.3. The molecular formula is C14H10Cl3F2NO2S. The van der Waals surface area contributed by atoms with E-state index in [0.29, 0.717) is 4.31 Å². The standard InChI is InChI=1S/C14H10Cl3F2NO2S/c1-2-20(14-11(18)5-9(16)6-12(14)19)23(21,22)13-7-8(15)3-4-10(13)17/h3-7H,2H2,1H3. The molecule has 2 aromatic rings. The van der Waals surface area contributed by atoms with Gasteiger partial charge in [-0.1, -0.05) is 34.8 Å². The molecule has 0 aliphatic rings. The molecule has 23 heavy (non-hydrogen) atoms. The zero-order chi connectivity index (χ0) is 17.4. The van der Waals surface area contributed by atoms with Crippen LogP contribution in [0, 0.1) is 11.6 Å². The van der Waals surface area contributed by atoms with Crippen LogP contribution in [0.5, 0.6) is 0 Å². The molecule has 0 spiro atoms. The summed E-state index contributed by atoms with van der Waals surface area (Å²) in [5.41, 5.74) is -0.729. The predicted molar refractivity (Wildman–Crippen MR) is 88.0 cm³/mol. The van der Waals surface area contributed by atoms with E-state index in [-0.39, 0.29) is 26.5 Å². The monoisotopic (exact) mass is 399 g/mol. The highest BCUT2D eigenvalue weighted by molar-refractivity contribution is 7.93. The minimum Gasteiger partial charge on any atom is -0.261 e. The van der Waals surface area contributed by atoms with E-state index in [2.05, 4.69) is 0 Å². The Labute approximate surface area is 147 Å². The number of benzene rings is 2. The second-order valence-corrected chi connectivity index (χ2v) is 7.57. The molecule has 0 fully saturated rings. The van der Waals surface area contributed by atoms with Gasteiger partial charge in [0.25, 0.3) is 10.0 Å². The molecular weight excluding hydrogens is 391 g/mol. The molecule has 0 N–H and O–H groups in total. The topological polar surface area (TPSA) is 37.4 Å². The van der Waals surface area contributed by atoms with Crippen molar-refractivity contribution in [1.82, 2.24) is 0 Å². The van der Waals surface area contributed by atoms with Gasteiger partial charge in [-0.2, -0.15) is 0 Å². The number of halogens is 5. The first kappa shape index (κ1) is 18.3. The van der Waals surface area contributed by atoms with Crippen molar-refractivity contribution in [3.63, 3.8) is 0 Å². The molecule has 3 nitrogen and oxygen atoms in total. The Hall–Kier alpha value is -1.08. The SMILES string of the molecule is CCN(c1c(F)cc(Cl)cc1F)S(=O)(=O)c1cc(Cl)ccc1Cl. The van der Waals surface area contributed by atoms with Crippen LogP contribution in [0.25, 0.3) is 0 Å². The largest absolute Gasteiger partial charge is 0.266 e. The van der Waals surface area contributed by atoms with Gasteiger partial charge >= 0.3 is 0 Å². The van der Waals surface area contributed by atoms with Crippen LogP contribution in [0.4, 0.5) is 14.5 Å². The van der Waals surface area contributed by atoms with Crippen LogP contribution in [0.2, 0.25) is 15.1 Å². The number of anilines is 1. The highest BCUT2D eigenvalue weighted by atomic mass is 35.5. The third kappa shape index (κ3) is 3.55. The molecule has 124 valence electrons. The van der Waals surface area contributed by atoms with E-state index in [0.717, 1.165) is 18.2 Å². The Bertz CT molecular complexity index is 836. The van der Waals surface area contributed by atoms with Gasteiger partial charge < -0.3 is 0 Å². The number of sulfonamides is 1. The van der Waals surface area contributed by atoms with Crippen LogP contribution in [-0.2, 0) is 10.0 Å². The van der Waals surface area contributed by atoms with Crippen molar-refractivity contribution in [2.24, 2.45) is 0 Å². The second kappa shape index (κ2) is 6.81. The fourth-order valence-corrected chi connectivity index (χ4v) is 4.44. The van der Waals surface area contributed by atoms with Crippen molar-refractivity contribution in [2.45, 2.75) is 11.8 Å². The Balaban J connectivity index is 2.68. The van der Waals surface area contributed by atoms with Crippen molar-refractivity contribution in [3.05, 3.63) is 57.0 Å². The van der Waals surface area contributed by atoms with Crippen molar-refractivity contribution < 1.29 is 17.2 Å². The Morgan fingerprint density at radius 2 is 1.57 bits per heavy atom. The molecule has 0 bridgehead atoms. The van der Waals surface area contributed by atoms with Gasteiger partial charge in [-0.3, -0.25) is 4.31 Å². The summed E-state index contributed by atoms with van der Waals surface area (Å²) >= 11 is 17.3. The zero-order valence-electron chi connectivity index (χ0n) is 11.7. The van der Waals surface area contributed by atoms with E-state index >= 15 is 0 Å². The summed E-state index contributed by atoms with van der Waals surface area (Å²) in [5, 5.41) is -0.165. The maximum Gasteiger partial charge on any atom is 0.266 e. The van der Waals surface area contributed by atoms with Crippen molar-refractivity contribution in [2.75, 3.05) is 10.8 Å². The Morgan fingerprint density at radius 1 is 1.00 bits per heavy atom. The van der Waals surface area contributed by atoms with Gasteiger partial charge in [-0.05, 0) is 37.3 Å². The first-order valence-electron chi connectivity index (χ1n) is 6.30. The van der Waals surface area contributed by atoms with Crippen LogP contribution < -0.4 is 4.31 Å². The van der Waals surface area contributed by atoms with Gasteiger partial charge in [0.05, 0.1) is 5.02 Å². The van der Waals surface area contributed by atoms with Crippen LogP contribution in [0.1, 0.15) is 6.92 Å². The van der Waals surface area contributed by atoms with Gasteiger partial charge in [0.2, 0.25) is 0 Å². The minimum atomic E-state index is -4.32. The first-order chi connectivity index (χ1) is 10.7. The molecule has 0 heterocycles. The van der Waals surface area contributed by atoms with E-state index in [9.17, 15) is 17.2 Å². The molecule has 0 amide bonds. The number of hydrogen-bond donors (Lipinski definition) is 0. The summed E-state index contributed by atoms with van der Waals surface area (Å²) < 4.78 is 54.2. The first-order valence-corrected chi connectivity index (χ1v) is 8.88. The third-order valence-corrected chi connectivity index (χ3v) is 5.79. The Morgan fingerprint density at radius 3 is 2.09 bits per heavy atom. The maximum absolute atomic E-state index is 14.1. The average Bonchev–Trinajstić information content (AvgIpc) is 2.44. The fraction of sp³-hybridized carbons (Fsp3) is 0.143. The van der Waals surface area contributed by atoms with Crippen molar-refractivity contribution in [1.29, 1.82) is 0 Å². The maximum atomic E-state index is 14.1. The van der Waals surface area contributed by atoms with E-state index in [4.69, 9.17) is 34.8 Å².